The van der Waals surface area contributed by atoms with Crippen LogP contribution in [0, 0.1) is 0 Å². The second-order valence-corrected chi connectivity index (χ2v) is 6.47. The van der Waals surface area contributed by atoms with E-state index < -0.39 is 0 Å². The van der Waals surface area contributed by atoms with E-state index in [1.54, 1.807) is 36.7 Å². The molecule has 0 spiro atoms. The Kier molecular flexibility index (Phi) is 6.90. The molecule has 0 aliphatic heterocycles. The maximum atomic E-state index is 12.4. The van der Waals surface area contributed by atoms with E-state index in [0.717, 1.165) is 18.4 Å². The van der Waals surface area contributed by atoms with Gasteiger partial charge >= 0.3 is 0 Å². The van der Waals surface area contributed by atoms with Crippen molar-refractivity contribution < 1.29 is 9.59 Å². The Hall–Kier alpha value is -3.47. The van der Waals surface area contributed by atoms with Gasteiger partial charge in [-0.15, -0.1) is 0 Å². The van der Waals surface area contributed by atoms with Crippen LogP contribution in [0.25, 0.3) is 0 Å². The normalized spacial score (nSPS) is 10.3. The molecule has 0 fully saturated rings. The van der Waals surface area contributed by atoms with Crippen molar-refractivity contribution in [2.75, 3.05) is 6.54 Å². The van der Waals surface area contributed by atoms with Gasteiger partial charge < -0.3 is 10.6 Å². The molecular weight excluding hydrogens is 350 g/mol. The van der Waals surface area contributed by atoms with Crippen LogP contribution in [0.4, 0.5) is 0 Å². The number of nitrogens with one attached hydrogen (secondary N) is 2. The van der Waals surface area contributed by atoms with Crippen molar-refractivity contribution in [1.82, 2.24) is 15.6 Å². The van der Waals surface area contributed by atoms with Crippen molar-refractivity contribution >= 4 is 11.8 Å². The van der Waals surface area contributed by atoms with E-state index in [-0.39, 0.29) is 11.8 Å². The molecule has 2 amide bonds. The fourth-order valence-corrected chi connectivity index (χ4v) is 2.83. The minimum Gasteiger partial charge on any atom is -0.352 e. The van der Waals surface area contributed by atoms with Crippen LogP contribution in [0.1, 0.15) is 38.3 Å². The van der Waals surface area contributed by atoms with Gasteiger partial charge in [-0.25, -0.2) is 0 Å². The molecule has 0 saturated heterocycles. The first kappa shape index (κ1) is 19.3. The molecule has 3 rings (SSSR count). The standard InChI is InChI=1S/C23H23N3O2/c27-22(25-14-6-9-18-7-2-1-3-8-18)20-11-4-12-21(15-20)23(28)26-17-19-10-5-13-24-16-19/h1-5,7-8,10-13,15-16H,6,9,14,17H2,(H,25,27)(H,26,28). The highest BCUT2D eigenvalue weighted by Crippen LogP contribution is 2.07. The molecule has 0 aliphatic carbocycles. The molecule has 0 unspecified atom stereocenters. The lowest BCUT2D eigenvalue weighted by Gasteiger charge is -2.08. The Morgan fingerprint density at radius 1 is 0.786 bits per heavy atom. The van der Waals surface area contributed by atoms with Crippen LogP contribution in [0.5, 0.6) is 0 Å². The molecule has 2 N–H and O–H groups in total. The lowest BCUT2D eigenvalue weighted by Crippen LogP contribution is -2.26. The van der Waals surface area contributed by atoms with Crippen LogP contribution in [-0.2, 0) is 13.0 Å². The number of nitrogens with zero attached hydrogens (tertiary/aromatic N) is 1. The van der Waals surface area contributed by atoms with Crippen molar-refractivity contribution in [2.45, 2.75) is 19.4 Å². The Labute approximate surface area is 164 Å². The van der Waals surface area contributed by atoms with Gasteiger partial charge in [-0.3, -0.25) is 14.6 Å². The molecule has 5 heteroatoms. The summed E-state index contributed by atoms with van der Waals surface area (Å²) in [5.74, 6) is -0.391. The van der Waals surface area contributed by atoms with Gasteiger partial charge in [-0.1, -0.05) is 42.5 Å². The fraction of sp³-hybridized carbons (Fsp3) is 0.174. The minimum absolute atomic E-state index is 0.171. The highest BCUT2D eigenvalue weighted by Gasteiger charge is 2.10. The fourth-order valence-electron chi connectivity index (χ4n) is 2.83. The maximum Gasteiger partial charge on any atom is 0.251 e. The van der Waals surface area contributed by atoms with Crippen molar-refractivity contribution in [3.8, 4) is 0 Å². The van der Waals surface area contributed by atoms with Gasteiger partial charge in [0.2, 0.25) is 0 Å². The lowest BCUT2D eigenvalue weighted by atomic mass is 10.1. The number of amides is 2. The van der Waals surface area contributed by atoms with Crippen molar-refractivity contribution in [1.29, 1.82) is 0 Å². The first-order valence-electron chi connectivity index (χ1n) is 9.31. The quantitative estimate of drug-likeness (QED) is 0.595. The van der Waals surface area contributed by atoms with Crippen molar-refractivity contribution in [3.63, 3.8) is 0 Å². The second kappa shape index (κ2) is 10.0. The maximum absolute atomic E-state index is 12.4. The largest absolute Gasteiger partial charge is 0.352 e. The molecule has 0 atom stereocenters. The molecule has 1 heterocycles. The van der Waals surface area contributed by atoms with Crippen LogP contribution < -0.4 is 10.6 Å². The molecule has 142 valence electrons. The van der Waals surface area contributed by atoms with Crippen LogP contribution in [0.15, 0.2) is 79.1 Å². The Bertz CT molecular complexity index is 911. The summed E-state index contributed by atoms with van der Waals surface area (Å²) >= 11 is 0. The number of carbonyl (C=O) groups is 2. The summed E-state index contributed by atoms with van der Waals surface area (Å²) in [6.07, 6.45) is 5.17. The summed E-state index contributed by atoms with van der Waals surface area (Å²) in [4.78, 5) is 28.7. The first-order chi connectivity index (χ1) is 13.7. The number of pyridine rings is 1. The van der Waals surface area contributed by atoms with Gasteiger partial charge in [-0.05, 0) is 48.2 Å². The van der Waals surface area contributed by atoms with E-state index >= 15 is 0 Å². The number of aromatic nitrogens is 1. The summed E-state index contributed by atoms with van der Waals surface area (Å²) in [7, 11) is 0. The number of hydrogen-bond acceptors (Lipinski definition) is 3. The molecule has 0 bridgehead atoms. The van der Waals surface area contributed by atoms with Gasteiger partial charge in [-0.2, -0.15) is 0 Å². The van der Waals surface area contributed by atoms with E-state index in [2.05, 4.69) is 27.8 Å². The predicted molar refractivity (Wildman–Crippen MR) is 109 cm³/mol. The van der Waals surface area contributed by atoms with Crippen molar-refractivity contribution in [3.05, 3.63) is 101 Å². The number of carbonyl (C=O) groups excluding carboxylic acids is 2. The lowest BCUT2D eigenvalue weighted by molar-refractivity contribution is 0.0950. The predicted octanol–water partition coefficient (Wildman–Crippen LogP) is 3.37. The Balaban J connectivity index is 1.49. The summed E-state index contributed by atoms with van der Waals surface area (Å²) in [5, 5.41) is 5.76. The zero-order valence-electron chi connectivity index (χ0n) is 15.6. The van der Waals surface area contributed by atoms with E-state index in [4.69, 9.17) is 0 Å². The molecule has 5 nitrogen and oxygen atoms in total. The van der Waals surface area contributed by atoms with E-state index in [1.807, 2.05) is 30.3 Å². The molecule has 2 aromatic carbocycles. The van der Waals surface area contributed by atoms with Gasteiger partial charge in [0.1, 0.15) is 0 Å². The van der Waals surface area contributed by atoms with Crippen LogP contribution in [-0.4, -0.2) is 23.3 Å². The highest BCUT2D eigenvalue weighted by molar-refractivity contribution is 5.99. The first-order valence-corrected chi connectivity index (χ1v) is 9.31. The number of rotatable bonds is 8. The van der Waals surface area contributed by atoms with Crippen LogP contribution in [0.3, 0.4) is 0 Å². The van der Waals surface area contributed by atoms with Gasteiger partial charge in [0.15, 0.2) is 0 Å². The summed E-state index contributed by atoms with van der Waals surface area (Å²) in [6, 6.07) is 20.6. The minimum atomic E-state index is -0.220. The average molecular weight is 373 g/mol. The molecule has 0 radical (unpaired) electrons. The van der Waals surface area contributed by atoms with E-state index in [0.29, 0.717) is 24.2 Å². The zero-order valence-corrected chi connectivity index (χ0v) is 15.6. The number of hydrogen-bond donors (Lipinski definition) is 2. The smallest absolute Gasteiger partial charge is 0.251 e. The summed E-state index contributed by atoms with van der Waals surface area (Å²) in [6.45, 7) is 0.980. The molecule has 1 aromatic heterocycles. The Morgan fingerprint density at radius 3 is 2.21 bits per heavy atom. The zero-order chi connectivity index (χ0) is 19.6. The second-order valence-electron chi connectivity index (χ2n) is 6.47. The number of aryl methyl sites for hydroxylation is 1. The molecule has 0 saturated carbocycles. The topological polar surface area (TPSA) is 71.1 Å². The van der Waals surface area contributed by atoms with Gasteiger partial charge in [0, 0.05) is 36.6 Å². The van der Waals surface area contributed by atoms with Crippen LogP contribution >= 0.6 is 0 Å². The summed E-state index contributed by atoms with van der Waals surface area (Å²) < 4.78 is 0. The average Bonchev–Trinajstić information content (AvgIpc) is 2.76. The third-order valence-electron chi connectivity index (χ3n) is 4.33. The van der Waals surface area contributed by atoms with E-state index in [1.165, 1.54) is 5.56 Å². The summed E-state index contributed by atoms with van der Waals surface area (Å²) in [5.41, 5.74) is 3.11. The molecule has 3 aromatic rings. The molecule has 28 heavy (non-hydrogen) atoms. The molecular formula is C23H23N3O2. The van der Waals surface area contributed by atoms with Gasteiger partial charge in [0.05, 0.1) is 0 Å². The monoisotopic (exact) mass is 373 g/mol. The molecule has 0 aliphatic rings. The Morgan fingerprint density at radius 2 is 1.50 bits per heavy atom. The number of benzene rings is 2. The highest BCUT2D eigenvalue weighted by atomic mass is 16.2. The van der Waals surface area contributed by atoms with Crippen molar-refractivity contribution in [2.24, 2.45) is 0 Å². The van der Waals surface area contributed by atoms with Gasteiger partial charge in [0.25, 0.3) is 11.8 Å². The SMILES string of the molecule is O=C(NCCCc1ccccc1)c1cccc(C(=O)NCc2cccnc2)c1. The third kappa shape index (κ3) is 5.77. The van der Waals surface area contributed by atoms with Crippen LogP contribution in [0.2, 0.25) is 0 Å². The third-order valence-corrected chi connectivity index (χ3v) is 4.33. The van der Waals surface area contributed by atoms with E-state index in [9.17, 15) is 9.59 Å².